The Balaban J connectivity index is 1.42. The Labute approximate surface area is 183 Å². The van der Waals surface area contributed by atoms with E-state index in [4.69, 9.17) is 0 Å². The molecule has 1 N–H and O–H groups in total. The predicted octanol–water partition coefficient (Wildman–Crippen LogP) is 5.21. The number of amides is 1. The predicted molar refractivity (Wildman–Crippen MR) is 121 cm³/mol. The highest BCUT2D eigenvalue weighted by molar-refractivity contribution is 7.12. The number of ketones is 1. The summed E-state index contributed by atoms with van der Waals surface area (Å²) in [6.45, 7) is 0. The summed E-state index contributed by atoms with van der Waals surface area (Å²) >= 11 is 1.40. The molecule has 6 nitrogen and oxygen atoms in total. The van der Waals surface area contributed by atoms with Crippen LogP contribution in [0.1, 0.15) is 47.3 Å². The van der Waals surface area contributed by atoms with Crippen LogP contribution in [0.5, 0.6) is 0 Å². The molecule has 1 aliphatic rings. The van der Waals surface area contributed by atoms with E-state index in [0.717, 1.165) is 29.8 Å². The lowest BCUT2D eigenvalue weighted by Gasteiger charge is -2.11. The third kappa shape index (κ3) is 4.01. The van der Waals surface area contributed by atoms with Gasteiger partial charge < -0.3 is 5.32 Å². The van der Waals surface area contributed by atoms with Gasteiger partial charge in [0.1, 0.15) is 0 Å². The number of nitrogens with one attached hydrogen (secondary N) is 1. The molecular weight excluding hydrogens is 408 g/mol. The maximum atomic E-state index is 12.8. The Morgan fingerprint density at radius 1 is 1.13 bits per heavy atom. The third-order valence-electron chi connectivity index (χ3n) is 5.78. The second kappa shape index (κ2) is 8.43. The van der Waals surface area contributed by atoms with Crippen molar-refractivity contribution in [3.05, 3.63) is 70.7 Å². The van der Waals surface area contributed by atoms with Gasteiger partial charge in [-0.05, 0) is 48.4 Å². The van der Waals surface area contributed by atoms with Gasteiger partial charge in [-0.15, -0.1) is 11.3 Å². The van der Waals surface area contributed by atoms with Crippen molar-refractivity contribution >= 4 is 34.4 Å². The van der Waals surface area contributed by atoms with Crippen molar-refractivity contribution in [1.29, 1.82) is 0 Å². The monoisotopic (exact) mass is 430 g/mol. The molecule has 1 fully saturated rings. The number of rotatable bonds is 6. The molecule has 7 heteroatoms. The van der Waals surface area contributed by atoms with Crippen molar-refractivity contribution in [1.82, 2.24) is 14.6 Å². The Bertz CT molecular complexity index is 1240. The summed E-state index contributed by atoms with van der Waals surface area (Å²) in [5, 5.41) is 9.35. The smallest absolute Gasteiger partial charge is 0.224 e. The second-order valence-corrected chi connectivity index (χ2v) is 8.86. The van der Waals surface area contributed by atoms with Gasteiger partial charge in [0.25, 0.3) is 0 Å². The molecule has 0 unspecified atom stereocenters. The van der Waals surface area contributed by atoms with Gasteiger partial charge >= 0.3 is 0 Å². The topological polar surface area (TPSA) is 76.4 Å². The number of hydrogen-bond donors (Lipinski definition) is 1. The molecule has 0 saturated heterocycles. The van der Waals surface area contributed by atoms with Crippen LogP contribution in [0.15, 0.2) is 60.2 Å². The van der Waals surface area contributed by atoms with Crippen LogP contribution in [0.2, 0.25) is 0 Å². The number of benzene rings is 1. The van der Waals surface area contributed by atoms with E-state index in [2.05, 4.69) is 15.4 Å². The Morgan fingerprint density at radius 2 is 2.00 bits per heavy atom. The average Bonchev–Trinajstić information content (AvgIpc) is 3.54. The standard InChI is InChI=1S/C24H22N4O2S/c29-22(13-16-5-1-2-6-16)27-18-8-3-7-17(14-18)20-10-11-25-24-19(15-26-28(20)24)23(30)21-9-4-12-31-21/h3-4,7-12,14-16H,1-2,5-6,13H2,(H,27,29). The van der Waals surface area contributed by atoms with Crippen molar-refractivity contribution in [3.8, 4) is 11.3 Å². The summed E-state index contributed by atoms with van der Waals surface area (Å²) in [5.41, 5.74) is 3.45. The molecule has 0 bridgehead atoms. The summed E-state index contributed by atoms with van der Waals surface area (Å²) in [4.78, 5) is 30.3. The Morgan fingerprint density at radius 3 is 2.81 bits per heavy atom. The van der Waals surface area contributed by atoms with E-state index in [1.54, 1.807) is 23.0 Å². The van der Waals surface area contributed by atoms with Crippen LogP contribution in [0.25, 0.3) is 16.9 Å². The van der Waals surface area contributed by atoms with Gasteiger partial charge in [-0.1, -0.05) is 31.0 Å². The molecule has 3 aromatic heterocycles. The largest absolute Gasteiger partial charge is 0.326 e. The third-order valence-corrected chi connectivity index (χ3v) is 6.65. The van der Waals surface area contributed by atoms with E-state index in [1.165, 1.54) is 24.2 Å². The van der Waals surface area contributed by atoms with Gasteiger partial charge in [-0.25, -0.2) is 9.50 Å². The van der Waals surface area contributed by atoms with Crippen LogP contribution in [0.4, 0.5) is 5.69 Å². The summed E-state index contributed by atoms with van der Waals surface area (Å²) in [6.07, 6.45) is 8.59. The van der Waals surface area contributed by atoms with Crippen LogP contribution < -0.4 is 5.32 Å². The number of carbonyl (C=O) groups is 2. The molecule has 1 saturated carbocycles. The van der Waals surface area contributed by atoms with Crippen LogP contribution in [0.3, 0.4) is 0 Å². The van der Waals surface area contributed by atoms with E-state index in [0.29, 0.717) is 28.4 Å². The Hall–Kier alpha value is -3.32. The number of aromatic nitrogens is 3. The lowest BCUT2D eigenvalue weighted by atomic mass is 10.0. The number of carbonyl (C=O) groups excluding carboxylic acids is 2. The molecule has 1 amide bonds. The van der Waals surface area contributed by atoms with Gasteiger partial charge in [-0.3, -0.25) is 9.59 Å². The van der Waals surface area contributed by atoms with Crippen molar-refractivity contribution in [2.45, 2.75) is 32.1 Å². The minimum atomic E-state index is -0.0809. The van der Waals surface area contributed by atoms with E-state index >= 15 is 0 Å². The zero-order valence-corrected chi connectivity index (χ0v) is 17.8. The van der Waals surface area contributed by atoms with Crippen molar-refractivity contribution in [3.63, 3.8) is 0 Å². The minimum Gasteiger partial charge on any atom is -0.326 e. The molecule has 5 rings (SSSR count). The highest BCUT2D eigenvalue weighted by Gasteiger charge is 2.20. The highest BCUT2D eigenvalue weighted by atomic mass is 32.1. The molecule has 3 heterocycles. The van der Waals surface area contributed by atoms with Crippen LogP contribution in [0, 0.1) is 5.92 Å². The first-order chi connectivity index (χ1) is 15.2. The number of hydrogen-bond acceptors (Lipinski definition) is 5. The fraction of sp³-hybridized carbons (Fsp3) is 0.250. The first kappa shape index (κ1) is 19.6. The number of nitrogens with zero attached hydrogens (tertiary/aromatic N) is 3. The highest BCUT2D eigenvalue weighted by Crippen LogP contribution is 2.29. The SMILES string of the molecule is O=C(CC1CCCC1)Nc1cccc(-c2ccnc3c(C(=O)c4cccs4)cnn23)c1. The molecule has 156 valence electrons. The molecule has 31 heavy (non-hydrogen) atoms. The summed E-state index contributed by atoms with van der Waals surface area (Å²) in [6, 6.07) is 13.2. The van der Waals surface area contributed by atoms with E-state index < -0.39 is 0 Å². The maximum absolute atomic E-state index is 12.8. The van der Waals surface area contributed by atoms with Crippen molar-refractivity contribution in [2.75, 3.05) is 5.32 Å². The van der Waals surface area contributed by atoms with Gasteiger partial charge in [0, 0.05) is 23.9 Å². The van der Waals surface area contributed by atoms with E-state index in [9.17, 15) is 9.59 Å². The second-order valence-electron chi connectivity index (χ2n) is 7.91. The quantitative estimate of drug-likeness (QED) is 0.426. The average molecular weight is 431 g/mol. The fourth-order valence-electron chi connectivity index (χ4n) is 4.26. The van der Waals surface area contributed by atoms with Crippen LogP contribution in [-0.2, 0) is 4.79 Å². The zero-order valence-electron chi connectivity index (χ0n) is 17.0. The first-order valence-corrected chi connectivity index (χ1v) is 11.4. The molecule has 1 aromatic carbocycles. The molecule has 0 spiro atoms. The van der Waals surface area contributed by atoms with Gasteiger partial charge in [0.2, 0.25) is 11.7 Å². The van der Waals surface area contributed by atoms with Gasteiger partial charge in [0.05, 0.1) is 22.3 Å². The lowest BCUT2D eigenvalue weighted by molar-refractivity contribution is -0.117. The maximum Gasteiger partial charge on any atom is 0.224 e. The molecule has 0 radical (unpaired) electrons. The van der Waals surface area contributed by atoms with Gasteiger partial charge in [0.15, 0.2) is 5.65 Å². The van der Waals surface area contributed by atoms with Crippen molar-refractivity contribution in [2.24, 2.45) is 5.92 Å². The minimum absolute atomic E-state index is 0.0619. The van der Waals surface area contributed by atoms with Gasteiger partial charge in [-0.2, -0.15) is 5.10 Å². The van der Waals surface area contributed by atoms with E-state index in [-0.39, 0.29) is 11.7 Å². The summed E-state index contributed by atoms with van der Waals surface area (Å²) in [7, 11) is 0. The number of fused-ring (bicyclic) bond motifs is 1. The number of anilines is 1. The normalized spacial score (nSPS) is 14.2. The van der Waals surface area contributed by atoms with E-state index in [1.807, 2.05) is 41.8 Å². The number of thiophene rings is 1. The summed E-state index contributed by atoms with van der Waals surface area (Å²) in [5.74, 6) is 0.487. The first-order valence-electron chi connectivity index (χ1n) is 10.5. The molecule has 1 aliphatic carbocycles. The molecular formula is C24H22N4O2S. The van der Waals surface area contributed by atoms with Crippen LogP contribution >= 0.6 is 11.3 Å². The zero-order chi connectivity index (χ0) is 21.2. The van der Waals surface area contributed by atoms with Crippen molar-refractivity contribution < 1.29 is 9.59 Å². The lowest BCUT2D eigenvalue weighted by Crippen LogP contribution is -2.15. The summed E-state index contributed by atoms with van der Waals surface area (Å²) < 4.78 is 1.68. The Kier molecular flexibility index (Phi) is 5.34. The molecule has 0 aliphatic heterocycles. The van der Waals surface area contributed by atoms with Crippen LogP contribution in [-0.4, -0.2) is 26.3 Å². The fourth-order valence-corrected chi connectivity index (χ4v) is 4.93. The molecule has 4 aromatic rings. The molecule has 0 atom stereocenters.